The summed E-state index contributed by atoms with van der Waals surface area (Å²) in [6.07, 6.45) is 0. The predicted molar refractivity (Wildman–Crippen MR) is 74.0 cm³/mol. The largest absolute Gasteiger partial charge is 0.476 e. The third-order valence-electron chi connectivity index (χ3n) is 2.08. The van der Waals surface area contributed by atoms with E-state index < -0.39 is 21.7 Å². The van der Waals surface area contributed by atoms with E-state index in [2.05, 4.69) is 25.6 Å². The van der Waals surface area contributed by atoms with Crippen molar-refractivity contribution in [2.75, 3.05) is 4.72 Å². The van der Waals surface area contributed by atoms with Gasteiger partial charge in [-0.1, -0.05) is 15.9 Å². The number of nitrogens with one attached hydrogen (secondary N) is 1. The lowest BCUT2D eigenvalue weighted by Crippen LogP contribution is -2.15. The fraction of sp³-hybridized carbons (Fsp3) is 0. The molecule has 2 rings (SSSR count). The van der Waals surface area contributed by atoms with Gasteiger partial charge in [0.1, 0.15) is 0 Å². The van der Waals surface area contributed by atoms with Crippen molar-refractivity contribution in [3.8, 4) is 0 Å². The summed E-state index contributed by atoms with van der Waals surface area (Å²) in [6, 6.07) is 6.46. The molecule has 0 bridgehead atoms. The van der Waals surface area contributed by atoms with E-state index in [4.69, 9.17) is 5.11 Å². The predicted octanol–water partition coefficient (Wildman–Crippen LogP) is 2.40. The zero-order chi connectivity index (χ0) is 14.0. The van der Waals surface area contributed by atoms with Crippen molar-refractivity contribution in [3.05, 3.63) is 39.9 Å². The van der Waals surface area contributed by atoms with Crippen molar-refractivity contribution in [1.82, 2.24) is 4.98 Å². The average Bonchev–Trinajstić information content (AvgIpc) is 2.82. The Morgan fingerprint density at radius 2 is 1.95 bits per heavy atom. The van der Waals surface area contributed by atoms with Crippen molar-refractivity contribution in [3.63, 3.8) is 0 Å². The van der Waals surface area contributed by atoms with Crippen LogP contribution in [0.5, 0.6) is 0 Å². The molecule has 0 fully saturated rings. The van der Waals surface area contributed by atoms with E-state index in [1.54, 1.807) is 24.3 Å². The number of rotatable bonds is 4. The van der Waals surface area contributed by atoms with Gasteiger partial charge >= 0.3 is 5.97 Å². The summed E-state index contributed by atoms with van der Waals surface area (Å²) < 4.78 is 26.9. The molecule has 0 spiro atoms. The highest BCUT2D eigenvalue weighted by Crippen LogP contribution is 2.24. The number of carbonyl (C=O) groups is 1. The molecule has 0 aliphatic rings. The van der Waals surface area contributed by atoms with Gasteiger partial charge in [0.2, 0.25) is 0 Å². The highest BCUT2D eigenvalue weighted by atomic mass is 79.9. The third kappa shape index (κ3) is 3.11. The summed E-state index contributed by atoms with van der Waals surface area (Å²) in [6.45, 7) is 0. The van der Waals surface area contributed by atoms with Gasteiger partial charge in [0.05, 0.1) is 5.51 Å². The Labute approximate surface area is 121 Å². The van der Waals surface area contributed by atoms with Crippen molar-refractivity contribution >= 4 is 48.9 Å². The standard InChI is InChI=1S/C10H7BrN2O4S2/c11-6-1-3-7(4-2-6)13-19(16,17)10-8(9(14)15)12-5-18-10/h1-5,13H,(H,14,15). The van der Waals surface area contributed by atoms with Gasteiger partial charge in [-0.25, -0.2) is 18.2 Å². The molecule has 1 aromatic heterocycles. The van der Waals surface area contributed by atoms with Gasteiger partial charge in [0.25, 0.3) is 10.0 Å². The minimum Gasteiger partial charge on any atom is -0.476 e. The van der Waals surface area contributed by atoms with Crippen LogP contribution in [-0.2, 0) is 10.0 Å². The first-order valence-corrected chi connectivity index (χ1v) is 8.01. The maximum absolute atomic E-state index is 12.1. The lowest BCUT2D eigenvalue weighted by atomic mass is 10.3. The van der Waals surface area contributed by atoms with Crippen LogP contribution in [0.3, 0.4) is 0 Å². The molecular weight excluding hydrogens is 356 g/mol. The molecule has 2 N–H and O–H groups in total. The first-order chi connectivity index (χ1) is 8.90. The molecule has 0 saturated heterocycles. The van der Waals surface area contributed by atoms with Crippen LogP contribution in [0.25, 0.3) is 0 Å². The van der Waals surface area contributed by atoms with Gasteiger partial charge in [-0.3, -0.25) is 4.72 Å². The molecule has 0 radical (unpaired) electrons. The molecule has 0 atom stereocenters. The molecule has 6 nitrogen and oxygen atoms in total. The number of anilines is 1. The quantitative estimate of drug-likeness (QED) is 0.870. The molecule has 0 aliphatic carbocycles. The Morgan fingerprint density at radius 1 is 1.32 bits per heavy atom. The van der Waals surface area contributed by atoms with Crippen LogP contribution in [0.2, 0.25) is 0 Å². The number of thiazole rings is 1. The molecule has 9 heteroatoms. The number of aromatic carboxylic acids is 1. The summed E-state index contributed by atoms with van der Waals surface area (Å²) in [5.74, 6) is -1.38. The van der Waals surface area contributed by atoms with Crippen LogP contribution in [0.4, 0.5) is 5.69 Å². The molecule has 0 amide bonds. The molecule has 100 valence electrons. The first-order valence-electron chi connectivity index (χ1n) is 4.85. The van der Waals surface area contributed by atoms with Gasteiger partial charge in [-0.2, -0.15) is 0 Å². The van der Waals surface area contributed by atoms with Crippen molar-refractivity contribution in [1.29, 1.82) is 0 Å². The summed E-state index contributed by atoms with van der Waals surface area (Å²) in [7, 11) is -3.95. The maximum atomic E-state index is 12.1. The zero-order valence-corrected chi connectivity index (χ0v) is 12.4. The second kappa shape index (κ2) is 5.27. The molecule has 1 heterocycles. The fourth-order valence-electron chi connectivity index (χ4n) is 1.29. The Kier molecular flexibility index (Phi) is 3.88. The molecule has 1 aromatic carbocycles. The number of hydrogen-bond donors (Lipinski definition) is 2. The van der Waals surface area contributed by atoms with E-state index in [9.17, 15) is 13.2 Å². The second-order valence-corrected chi connectivity index (χ2v) is 7.05. The van der Waals surface area contributed by atoms with E-state index >= 15 is 0 Å². The van der Waals surface area contributed by atoms with Gasteiger partial charge in [-0.15, -0.1) is 11.3 Å². The second-order valence-electron chi connectivity index (χ2n) is 3.41. The number of sulfonamides is 1. The minimum absolute atomic E-state index is 0.317. The SMILES string of the molecule is O=C(O)c1ncsc1S(=O)(=O)Nc1ccc(Br)cc1. The number of carboxylic acid groups (broad SMARTS) is 1. The number of carboxylic acids is 1. The summed E-state index contributed by atoms with van der Waals surface area (Å²) in [4.78, 5) is 14.4. The highest BCUT2D eigenvalue weighted by molar-refractivity contribution is 9.10. The van der Waals surface area contributed by atoms with E-state index in [0.717, 1.165) is 15.8 Å². The Bertz CT molecular complexity index is 709. The monoisotopic (exact) mass is 362 g/mol. The van der Waals surface area contributed by atoms with Crippen LogP contribution in [0, 0.1) is 0 Å². The Balaban J connectivity index is 2.35. The number of aromatic nitrogens is 1. The highest BCUT2D eigenvalue weighted by Gasteiger charge is 2.25. The third-order valence-corrected chi connectivity index (χ3v) is 5.36. The van der Waals surface area contributed by atoms with Crippen LogP contribution in [0.15, 0.2) is 38.5 Å². The molecule has 0 unspecified atom stereocenters. The molecule has 19 heavy (non-hydrogen) atoms. The first kappa shape index (κ1) is 14.0. The topological polar surface area (TPSA) is 96.4 Å². The lowest BCUT2D eigenvalue weighted by molar-refractivity contribution is 0.0687. The van der Waals surface area contributed by atoms with Crippen LogP contribution >= 0.6 is 27.3 Å². The van der Waals surface area contributed by atoms with Gasteiger partial charge < -0.3 is 5.11 Å². The summed E-state index contributed by atoms with van der Waals surface area (Å²) in [5.41, 5.74) is 1.04. The van der Waals surface area contributed by atoms with Gasteiger partial charge in [0.15, 0.2) is 9.90 Å². The van der Waals surface area contributed by atoms with E-state index in [1.165, 1.54) is 5.51 Å². The minimum atomic E-state index is -3.95. The zero-order valence-electron chi connectivity index (χ0n) is 9.20. The van der Waals surface area contributed by atoms with E-state index in [-0.39, 0.29) is 4.21 Å². The van der Waals surface area contributed by atoms with Crippen LogP contribution in [0.1, 0.15) is 10.5 Å². The summed E-state index contributed by atoms with van der Waals surface area (Å²) in [5, 5.41) is 8.87. The van der Waals surface area contributed by atoms with Gasteiger partial charge in [0, 0.05) is 10.2 Å². The number of halogens is 1. The molecule has 0 saturated carbocycles. The normalized spacial score (nSPS) is 11.2. The van der Waals surface area contributed by atoms with Crippen LogP contribution in [-0.4, -0.2) is 24.5 Å². The number of hydrogen-bond acceptors (Lipinski definition) is 5. The number of benzene rings is 1. The van der Waals surface area contributed by atoms with E-state index in [0.29, 0.717) is 5.69 Å². The number of nitrogens with zero attached hydrogens (tertiary/aromatic N) is 1. The van der Waals surface area contributed by atoms with E-state index in [1.807, 2.05) is 0 Å². The molecular formula is C10H7BrN2O4S2. The smallest absolute Gasteiger partial charge is 0.356 e. The fourth-order valence-corrected chi connectivity index (χ4v) is 3.75. The summed E-state index contributed by atoms with van der Waals surface area (Å²) >= 11 is 3.99. The maximum Gasteiger partial charge on any atom is 0.356 e. The Morgan fingerprint density at radius 3 is 2.53 bits per heavy atom. The van der Waals surface area contributed by atoms with Crippen molar-refractivity contribution in [2.24, 2.45) is 0 Å². The van der Waals surface area contributed by atoms with Crippen molar-refractivity contribution in [2.45, 2.75) is 4.21 Å². The molecule has 0 aliphatic heterocycles. The lowest BCUT2D eigenvalue weighted by Gasteiger charge is -2.06. The van der Waals surface area contributed by atoms with Gasteiger partial charge in [-0.05, 0) is 24.3 Å². The molecule has 2 aromatic rings. The van der Waals surface area contributed by atoms with Crippen LogP contribution < -0.4 is 4.72 Å². The average molecular weight is 363 g/mol. The Hall–Kier alpha value is -1.45. The van der Waals surface area contributed by atoms with Crippen molar-refractivity contribution < 1.29 is 18.3 Å².